The lowest BCUT2D eigenvalue weighted by Crippen LogP contribution is -2.69. The Morgan fingerprint density at radius 2 is 2.04 bits per heavy atom. The van der Waals surface area contributed by atoms with E-state index in [0.29, 0.717) is 5.75 Å². The predicted octanol–water partition coefficient (Wildman–Crippen LogP) is 0.807. The van der Waals surface area contributed by atoms with Crippen LogP contribution in [-0.2, 0) is 19.0 Å². The molecule has 7 nitrogen and oxygen atoms in total. The van der Waals surface area contributed by atoms with Crippen molar-refractivity contribution in [1.29, 1.82) is 0 Å². The molecule has 1 aromatic carbocycles. The molecule has 2 heterocycles. The van der Waals surface area contributed by atoms with Gasteiger partial charge in [-0.15, -0.1) is 0 Å². The first-order valence-corrected chi connectivity index (χ1v) is 8.00. The predicted molar refractivity (Wildman–Crippen MR) is 84.2 cm³/mol. The summed E-state index contributed by atoms with van der Waals surface area (Å²) in [6, 6.07) is 8.35. The lowest BCUT2D eigenvalue weighted by Gasteiger charge is -2.49. The molecule has 0 saturated carbocycles. The van der Waals surface area contributed by atoms with Crippen molar-refractivity contribution in [3.63, 3.8) is 0 Å². The molecule has 0 unspecified atom stereocenters. The molecule has 2 aliphatic heterocycles. The van der Waals surface area contributed by atoms with Crippen LogP contribution in [0.25, 0.3) is 0 Å². The summed E-state index contributed by atoms with van der Waals surface area (Å²) in [7, 11) is 0. The van der Waals surface area contributed by atoms with E-state index in [1.165, 1.54) is 6.92 Å². The van der Waals surface area contributed by atoms with E-state index in [4.69, 9.17) is 18.9 Å². The van der Waals surface area contributed by atoms with Crippen molar-refractivity contribution in [2.45, 2.75) is 57.2 Å². The van der Waals surface area contributed by atoms with Crippen LogP contribution in [0.5, 0.6) is 5.75 Å². The van der Waals surface area contributed by atoms with Gasteiger partial charge in [0.05, 0.1) is 6.61 Å². The highest BCUT2D eigenvalue weighted by Crippen LogP contribution is 2.33. The van der Waals surface area contributed by atoms with E-state index in [1.807, 2.05) is 18.2 Å². The van der Waals surface area contributed by atoms with Crippen LogP contribution in [0.3, 0.4) is 0 Å². The lowest BCUT2D eigenvalue weighted by molar-refractivity contribution is -0.361. The summed E-state index contributed by atoms with van der Waals surface area (Å²) in [5, 5.41) is 13.4. The van der Waals surface area contributed by atoms with Crippen molar-refractivity contribution in [3.05, 3.63) is 30.3 Å². The Morgan fingerprint density at radius 3 is 2.71 bits per heavy atom. The van der Waals surface area contributed by atoms with E-state index >= 15 is 0 Å². The number of ether oxygens (including phenoxy) is 4. The molecule has 7 heteroatoms. The van der Waals surface area contributed by atoms with Crippen molar-refractivity contribution in [2.24, 2.45) is 0 Å². The molecule has 0 aliphatic carbocycles. The first-order chi connectivity index (χ1) is 11.4. The van der Waals surface area contributed by atoms with Crippen LogP contribution in [0.2, 0.25) is 0 Å². The summed E-state index contributed by atoms with van der Waals surface area (Å²) in [4.78, 5) is 11.5. The first kappa shape index (κ1) is 17.2. The summed E-state index contributed by atoms with van der Waals surface area (Å²) >= 11 is 0. The van der Waals surface area contributed by atoms with Crippen LogP contribution in [0.15, 0.2) is 30.3 Å². The Bertz CT molecular complexity index is 578. The van der Waals surface area contributed by atoms with Crippen LogP contribution >= 0.6 is 0 Å². The minimum atomic E-state index is -0.982. The number of carbonyl (C=O) groups is 1. The molecule has 2 saturated heterocycles. The van der Waals surface area contributed by atoms with Crippen molar-refractivity contribution in [1.82, 2.24) is 5.32 Å². The van der Waals surface area contributed by atoms with Crippen molar-refractivity contribution in [3.8, 4) is 5.75 Å². The van der Waals surface area contributed by atoms with Gasteiger partial charge in [0.2, 0.25) is 12.2 Å². The molecule has 132 valence electrons. The van der Waals surface area contributed by atoms with Gasteiger partial charge in [-0.05, 0) is 26.0 Å². The van der Waals surface area contributed by atoms with Crippen LogP contribution in [0.4, 0.5) is 0 Å². The molecule has 0 spiro atoms. The second-order valence-electron chi connectivity index (χ2n) is 6.48. The van der Waals surface area contributed by atoms with Gasteiger partial charge in [0, 0.05) is 6.92 Å². The summed E-state index contributed by atoms with van der Waals surface area (Å²) in [5.74, 6) is -0.519. The summed E-state index contributed by atoms with van der Waals surface area (Å²) < 4.78 is 23.1. The summed E-state index contributed by atoms with van der Waals surface area (Å²) in [5.41, 5.74) is 0. The Morgan fingerprint density at radius 1 is 1.33 bits per heavy atom. The van der Waals surface area contributed by atoms with Gasteiger partial charge in [-0.1, -0.05) is 18.2 Å². The minimum Gasteiger partial charge on any atom is -0.463 e. The van der Waals surface area contributed by atoms with Crippen LogP contribution < -0.4 is 10.1 Å². The van der Waals surface area contributed by atoms with Gasteiger partial charge in [0.15, 0.2) is 5.79 Å². The fourth-order valence-corrected chi connectivity index (χ4v) is 2.97. The highest BCUT2D eigenvalue weighted by Gasteiger charge is 2.52. The second-order valence-corrected chi connectivity index (χ2v) is 6.48. The molecule has 1 amide bonds. The first-order valence-electron chi connectivity index (χ1n) is 8.00. The maximum absolute atomic E-state index is 11.5. The molecular formula is C17H23NO6. The average Bonchev–Trinajstić information content (AvgIpc) is 2.52. The zero-order valence-corrected chi connectivity index (χ0v) is 14.0. The van der Waals surface area contributed by atoms with Gasteiger partial charge >= 0.3 is 0 Å². The number of para-hydroxylation sites is 1. The van der Waals surface area contributed by atoms with Gasteiger partial charge in [-0.25, -0.2) is 0 Å². The van der Waals surface area contributed by atoms with Gasteiger partial charge in [-0.2, -0.15) is 0 Å². The Hall–Kier alpha value is -1.67. The number of fused-ring (bicyclic) bond motifs is 1. The number of carbonyl (C=O) groups excluding carboxylic acids is 1. The van der Waals surface area contributed by atoms with Gasteiger partial charge in [0.25, 0.3) is 0 Å². The molecule has 1 aromatic rings. The average molecular weight is 337 g/mol. The number of benzene rings is 1. The smallest absolute Gasteiger partial charge is 0.223 e. The maximum Gasteiger partial charge on any atom is 0.223 e. The number of amides is 1. The molecular weight excluding hydrogens is 314 g/mol. The fourth-order valence-electron chi connectivity index (χ4n) is 2.97. The number of aliphatic hydroxyl groups excluding tert-OH is 1. The number of aliphatic hydroxyl groups is 1. The molecule has 0 bridgehead atoms. The topological polar surface area (TPSA) is 86.3 Å². The number of nitrogens with one attached hydrogen (secondary N) is 1. The van der Waals surface area contributed by atoms with E-state index in [9.17, 15) is 9.90 Å². The van der Waals surface area contributed by atoms with E-state index in [-0.39, 0.29) is 12.5 Å². The zero-order valence-electron chi connectivity index (χ0n) is 14.0. The number of rotatable bonds is 3. The highest BCUT2D eigenvalue weighted by atomic mass is 16.8. The van der Waals surface area contributed by atoms with Crippen LogP contribution in [0, 0.1) is 0 Å². The van der Waals surface area contributed by atoms with E-state index in [0.717, 1.165) is 0 Å². The van der Waals surface area contributed by atoms with Gasteiger partial charge in [0.1, 0.15) is 30.1 Å². The minimum absolute atomic E-state index is 0.274. The fraction of sp³-hybridized carbons (Fsp3) is 0.588. The van der Waals surface area contributed by atoms with E-state index < -0.39 is 36.4 Å². The molecule has 0 aromatic heterocycles. The zero-order chi connectivity index (χ0) is 17.3. The van der Waals surface area contributed by atoms with E-state index in [1.54, 1.807) is 26.0 Å². The van der Waals surface area contributed by atoms with Crippen LogP contribution in [0.1, 0.15) is 20.8 Å². The molecule has 24 heavy (non-hydrogen) atoms. The third-order valence-corrected chi connectivity index (χ3v) is 4.05. The van der Waals surface area contributed by atoms with E-state index in [2.05, 4.69) is 5.32 Å². The molecule has 2 N–H and O–H groups in total. The maximum atomic E-state index is 11.5. The summed E-state index contributed by atoms with van der Waals surface area (Å²) in [6.07, 6.45) is -2.92. The quantitative estimate of drug-likeness (QED) is 0.849. The SMILES string of the molecule is CC(=O)N[C@@H]1[C@@H](Oc2ccccc2)O[C@H]2COC(C)(C)O[C@H]2[C@@H]1O. The Kier molecular flexibility index (Phi) is 4.78. The van der Waals surface area contributed by atoms with Crippen molar-refractivity contribution >= 4 is 5.91 Å². The molecule has 5 atom stereocenters. The number of hydrogen-bond donors (Lipinski definition) is 2. The largest absolute Gasteiger partial charge is 0.463 e. The van der Waals surface area contributed by atoms with Gasteiger partial charge in [-0.3, -0.25) is 4.79 Å². The molecule has 0 radical (unpaired) electrons. The summed E-state index contributed by atoms with van der Waals surface area (Å²) in [6.45, 7) is 5.20. The highest BCUT2D eigenvalue weighted by molar-refractivity contribution is 5.73. The van der Waals surface area contributed by atoms with Gasteiger partial charge < -0.3 is 29.4 Å². The van der Waals surface area contributed by atoms with Crippen molar-refractivity contribution in [2.75, 3.05) is 6.61 Å². The standard InChI is InChI=1S/C17H23NO6/c1-10(19)18-13-14(20)15-12(9-21-17(2,3)24-15)23-16(13)22-11-7-5-4-6-8-11/h4-8,12-16,20H,9H2,1-3H3,(H,18,19)/t12-,13-,14+,15+,16-/m0/s1. The lowest BCUT2D eigenvalue weighted by atomic mass is 9.95. The van der Waals surface area contributed by atoms with Crippen molar-refractivity contribution < 1.29 is 28.8 Å². The second kappa shape index (κ2) is 6.68. The Balaban J connectivity index is 1.81. The Labute approximate surface area is 140 Å². The normalized spacial score (nSPS) is 34.9. The third kappa shape index (κ3) is 3.70. The monoisotopic (exact) mass is 337 g/mol. The number of hydrogen-bond acceptors (Lipinski definition) is 6. The molecule has 2 aliphatic rings. The third-order valence-electron chi connectivity index (χ3n) is 4.05. The molecule has 2 fully saturated rings. The molecule has 3 rings (SSSR count). The van der Waals surface area contributed by atoms with Crippen LogP contribution in [-0.4, -0.2) is 54.1 Å².